The minimum absolute atomic E-state index is 0.109. The number of amides is 1. The molecule has 0 saturated carbocycles. The molecule has 4 aromatic rings. The Labute approximate surface area is 181 Å². The Bertz CT molecular complexity index is 1300. The molecule has 6 nitrogen and oxygen atoms in total. The molecule has 3 aromatic carbocycles. The zero-order valence-corrected chi connectivity index (χ0v) is 17.6. The number of anilines is 2. The SMILES string of the molecule is Cc1ccc(NC(=O)c2cc3ccccc3oc2=NNc2ccc(Br)cc2)cc1O. The van der Waals surface area contributed by atoms with Crippen molar-refractivity contribution >= 4 is 44.2 Å². The fourth-order valence-corrected chi connectivity index (χ4v) is 3.10. The van der Waals surface area contributed by atoms with Gasteiger partial charge in [-0.05, 0) is 55.0 Å². The number of halogens is 1. The highest BCUT2D eigenvalue weighted by molar-refractivity contribution is 9.10. The number of nitrogens with zero attached hydrogens (tertiary/aromatic N) is 1. The zero-order valence-electron chi connectivity index (χ0n) is 16.0. The maximum absolute atomic E-state index is 13.0. The molecule has 0 saturated heterocycles. The number of carbonyl (C=O) groups excluding carboxylic acids is 1. The largest absolute Gasteiger partial charge is 0.508 e. The van der Waals surface area contributed by atoms with Crippen molar-refractivity contribution in [3.63, 3.8) is 0 Å². The predicted molar refractivity (Wildman–Crippen MR) is 120 cm³/mol. The number of hydrogen-bond acceptors (Lipinski definition) is 5. The Balaban J connectivity index is 1.73. The van der Waals surface area contributed by atoms with Crippen molar-refractivity contribution in [2.45, 2.75) is 6.92 Å². The molecule has 1 heterocycles. The van der Waals surface area contributed by atoms with Crippen molar-refractivity contribution in [1.82, 2.24) is 0 Å². The van der Waals surface area contributed by atoms with E-state index in [0.29, 0.717) is 11.3 Å². The second kappa shape index (κ2) is 8.42. The average molecular weight is 464 g/mol. The lowest BCUT2D eigenvalue weighted by Gasteiger charge is -2.08. The fourth-order valence-electron chi connectivity index (χ4n) is 2.84. The molecule has 0 radical (unpaired) electrons. The summed E-state index contributed by atoms with van der Waals surface area (Å²) in [7, 11) is 0. The minimum Gasteiger partial charge on any atom is -0.508 e. The van der Waals surface area contributed by atoms with Crippen molar-refractivity contribution in [3.05, 3.63) is 94.0 Å². The molecule has 1 amide bonds. The monoisotopic (exact) mass is 463 g/mol. The Morgan fingerprint density at radius 2 is 1.73 bits per heavy atom. The van der Waals surface area contributed by atoms with E-state index in [9.17, 15) is 9.90 Å². The standard InChI is InChI=1S/C23H18BrN3O3/c1-14-6-9-18(13-20(14)28)25-22(29)19-12-15-4-2-3-5-21(15)30-23(19)27-26-17-10-7-16(24)8-11-17/h2-13,26,28H,1H3,(H,25,29). The van der Waals surface area contributed by atoms with Gasteiger partial charge in [0.2, 0.25) is 5.55 Å². The van der Waals surface area contributed by atoms with E-state index in [2.05, 4.69) is 31.8 Å². The number of para-hydroxylation sites is 1. The Morgan fingerprint density at radius 1 is 1.00 bits per heavy atom. The molecular formula is C23H18BrN3O3. The summed E-state index contributed by atoms with van der Waals surface area (Å²) in [6.45, 7) is 1.79. The van der Waals surface area contributed by atoms with Crippen molar-refractivity contribution in [2.24, 2.45) is 5.10 Å². The van der Waals surface area contributed by atoms with Crippen LogP contribution in [0.1, 0.15) is 15.9 Å². The van der Waals surface area contributed by atoms with Gasteiger partial charge in [-0.2, -0.15) is 0 Å². The van der Waals surface area contributed by atoms with Gasteiger partial charge < -0.3 is 14.8 Å². The molecular weight excluding hydrogens is 446 g/mol. The molecule has 30 heavy (non-hydrogen) atoms. The Kier molecular flexibility index (Phi) is 5.54. The van der Waals surface area contributed by atoms with E-state index in [1.165, 1.54) is 6.07 Å². The normalized spacial score (nSPS) is 11.5. The second-order valence-electron chi connectivity index (χ2n) is 6.69. The summed E-state index contributed by atoms with van der Waals surface area (Å²) in [4.78, 5) is 13.0. The van der Waals surface area contributed by atoms with E-state index in [4.69, 9.17) is 4.42 Å². The summed E-state index contributed by atoms with van der Waals surface area (Å²) in [5, 5.41) is 17.8. The Morgan fingerprint density at radius 3 is 2.50 bits per heavy atom. The first kappa shape index (κ1) is 19.7. The third-order valence-corrected chi connectivity index (χ3v) is 5.03. The second-order valence-corrected chi connectivity index (χ2v) is 7.60. The number of hydrogen-bond donors (Lipinski definition) is 3. The highest BCUT2D eigenvalue weighted by Gasteiger charge is 2.13. The third kappa shape index (κ3) is 4.36. The van der Waals surface area contributed by atoms with Crippen LogP contribution in [0, 0.1) is 6.92 Å². The molecule has 0 spiro atoms. The van der Waals surface area contributed by atoms with Gasteiger partial charge in [0.1, 0.15) is 16.9 Å². The number of carbonyl (C=O) groups is 1. The van der Waals surface area contributed by atoms with Crippen LogP contribution >= 0.6 is 15.9 Å². The van der Waals surface area contributed by atoms with Gasteiger partial charge in [-0.25, -0.2) is 0 Å². The molecule has 3 N–H and O–H groups in total. The lowest BCUT2D eigenvalue weighted by Crippen LogP contribution is -2.22. The van der Waals surface area contributed by atoms with Crippen LogP contribution in [0.5, 0.6) is 5.75 Å². The van der Waals surface area contributed by atoms with Crippen LogP contribution in [0.4, 0.5) is 11.4 Å². The van der Waals surface area contributed by atoms with Gasteiger partial charge in [0, 0.05) is 21.6 Å². The highest BCUT2D eigenvalue weighted by Crippen LogP contribution is 2.21. The lowest BCUT2D eigenvalue weighted by atomic mass is 10.1. The molecule has 0 atom stereocenters. The number of aromatic hydroxyl groups is 1. The number of phenols is 1. The van der Waals surface area contributed by atoms with E-state index in [1.807, 2.05) is 48.5 Å². The van der Waals surface area contributed by atoms with E-state index in [0.717, 1.165) is 21.1 Å². The molecule has 150 valence electrons. The van der Waals surface area contributed by atoms with Crippen molar-refractivity contribution in [1.29, 1.82) is 0 Å². The summed E-state index contributed by atoms with van der Waals surface area (Å²) in [6, 6.07) is 21.5. The van der Waals surface area contributed by atoms with Gasteiger partial charge >= 0.3 is 0 Å². The summed E-state index contributed by atoms with van der Waals surface area (Å²) >= 11 is 3.39. The van der Waals surface area contributed by atoms with E-state index < -0.39 is 5.91 Å². The first-order valence-electron chi connectivity index (χ1n) is 9.19. The van der Waals surface area contributed by atoms with Crippen molar-refractivity contribution in [3.8, 4) is 5.75 Å². The van der Waals surface area contributed by atoms with E-state index in [1.54, 1.807) is 25.1 Å². The molecule has 0 aliphatic heterocycles. The first-order chi connectivity index (χ1) is 14.5. The van der Waals surface area contributed by atoms with Gasteiger partial charge in [-0.15, -0.1) is 5.10 Å². The average Bonchev–Trinajstić information content (AvgIpc) is 2.75. The van der Waals surface area contributed by atoms with Gasteiger partial charge in [-0.3, -0.25) is 10.2 Å². The molecule has 0 aliphatic carbocycles. The number of aryl methyl sites for hydroxylation is 1. The number of rotatable bonds is 4. The minimum atomic E-state index is -0.399. The molecule has 0 fully saturated rings. The van der Waals surface area contributed by atoms with Crippen LogP contribution in [0.2, 0.25) is 0 Å². The maximum Gasteiger partial charge on any atom is 0.261 e. The Hall–Kier alpha value is -3.58. The van der Waals surface area contributed by atoms with Gasteiger partial charge in [-0.1, -0.05) is 40.2 Å². The van der Waals surface area contributed by atoms with Crippen LogP contribution < -0.4 is 16.3 Å². The van der Waals surface area contributed by atoms with E-state index >= 15 is 0 Å². The van der Waals surface area contributed by atoms with Crippen LogP contribution in [0.3, 0.4) is 0 Å². The number of nitrogens with one attached hydrogen (secondary N) is 2. The molecule has 0 aliphatic rings. The van der Waals surface area contributed by atoms with E-state index in [-0.39, 0.29) is 16.9 Å². The van der Waals surface area contributed by atoms with Gasteiger partial charge in [0.05, 0.1) is 5.69 Å². The van der Waals surface area contributed by atoms with Crippen molar-refractivity contribution in [2.75, 3.05) is 10.7 Å². The topological polar surface area (TPSA) is 86.9 Å². The maximum atomic E-state index is 13.0. The zero-order chi connectivity index (χ0) is 21.1. The first-order valence-corrected chi connectivity index (χ1v) is 9.98. The lowest BCUT2D eigenvalue weighted by molar-refractivity contribution is 0.102. The summed E-state index contributed by atoms with van der Waals surface area (Å²) in [6.07, 6.45) is 0. The molecule has 7 heteroatoms. The quantitative estimate of drug-likeness (QED) is 0.354. The smallest absolute Gasteiger partial charge is 0.261 e. The van der Waals surface area contributed by atoms with Gasteiger partial charge in [0.25, 0.3) is 5.91 Å². The molecule has 0 bridgehead atoms. The predicted octanol–water partition coefficient (Wildman–Crippen LogP) is 5.39. The molecule has 0 unspecified atom stereocenters. The summed E-state index contributed by atoms with van der Waals surface area (Å²) in [5.74, 6) is -0.290. The number of fused-ring (bicyclic) bond motifs is 1. The molecule has 4 rings (SSSR count). The van der Waals surface area contributed by atoms with Gasteiger partial charge in [0.15, 0.2) is 0 Å². The van der Waals surface area contributed by atoms with Crippen LogP contribution in [0.15, 0.2) is 86.8 Å². The molecule has 1 aromatic heterocycles. The summed E-state index contributed by atoms with van der Waals surface area (Å²) < 4.78 is 6.84. The van der Waals surface area contributed by atoms with Crippen LogP contribution in [0.25, 0.3) is 11.0 Å². The fraction of sp³-hybridized carbons (Fsp3) is 0.0435. The summed E-state index contributed by atoms with van der Waals surface area (Å²) in [5.41, 5.74) is 5.88. The number of benzene rings is 3. The van der Waals surface area contributed by atoms with Crippen LogP contribution in [-0.4, -0.2) is 11.0 Å². The van der Waals surface area contributed by atoms with Crippen molar-refractivity contribution < 1.29 is 14.3 Å². The number of phenolic OH excluding ortho intramolecular Hbond substituents is 1. The van der Waals surface area contributed by atoms with Crippen LogP contribution in [-0.2, 0) is 0 Å². The third-order valence-electron chi connectivity index (χ3n) is 4.50. The highest BCUT2D eigenvalue weighted by atomic mass is 79.9.